The fourth-order valence-corrected chi connectivity index (χ4v) is 1.96. The zero-order valence-electron chi connectivity index (χ0n) is 11.3. The maximum Gasteiger partial charge on any atom is 0.187 e. The third-order valence-electron chi connectivity index (χ3n) is 2.83. The fourth-order valence-electron chi connectivity index (χ4n) is 1.96. The van der Waals surface area contributed by atoms with Crippen LogP contribution in [-0.2, 0) is 9.47 Å². The lowest BCUT2D eigenvalue weighted by Gasteiger charge is -2.24. The zero-order valence-corrected chi connectivity index (χ0v) is 11.3. The van der Waals surface area contributed by atoms with Crippen molar-refractivity contribution in [3.63, 3.8) is 0 Å². The number of aliphatic hydroxyl groups excluding tert-OH is 1. The standard InChI is InChI=1S/C14H20O5/c1-3-16-14(17-4-2)13(15)10-5-6-11-12(9-10)19-8-7-18-11/h5-6,9,13-15H,3-4,7-8H2,1-2H3. The predicted molar refractivity (Wildman–Crippen MR) is 69.4 cm³/mol. The molecule has 1 aliphatic heterocycles. The highest BCUT2D eigenvalue weighted by atomic mass is 16.7. The summed E-state index contributed by atoms with van der Waals surface area (Å²) in [5, 5.41) is 10.3. The molecule has 2 rings (SSSR count). The Hall–Kier alpha value is -1.30. The first-order valence-electron chi connectivity index (χ1n) is 6.57. The minimum Gasteiger partial charge on any atom is -0.486 e. The summed E-state index contributed by atoms with van der Waals surface area (Å²) in [7, 11) is 0. The Kier molecular flexibility index (Phi) is 5.01. The van der Waals surface area contributed by atoms with E-state index in [1.54, 1.807) is 18.2 Å². The molecule has 19 heavy (non-hydrogen) atoms. The molecule has 0 fully saturated rings. The first kappa shape index (κ1) is 14.1. The van der Waals surface area contributed by atoms with Gasteiger partial charge in [0, 0.05) is 13.2 Å². The lowest BCUT2D eigenvalue weighted by atomic mass is 10.1. The molecule has 5 heteroatoms. The maximum atomic E-state index is 10.3. The highest BCUT2D eigenvalue weighted by Crippen LogP contribution is 2.33. The molecule has 0 spiro atoms. The predicted octanol–water partition coefficient (Wildman–Crippen LogP) is 1.89. The average Bonchev–Trinajstić information content (AvgIpc) is 2.46. The Morgan fingerprint density at radius 2 is 1.74 bits per heavy atom. The van der Waals surface area contributed by atoms with Crippen molar-refractivity contribution < 1.29 is 24.1 Å². The molecule has 1 aromatic rings. The summed E-state index contributed by atoms with van der Waals surface area (Å²) in [6.45, 7) is 5.76. The second-order valence-corrected chi connectivity index (χ2v) is 4.13. The van der Waals surface area contributed by atoms with Crippen molar-refractivity contribution in [3.8, 4) is 11.5 Å². The highest BCUT2D eigenvalue weighted by Gasteiger charge is 2.23. The van der Waals surface area contributed by atoms with Crippen LogP contribution in [0.25, 0.3) is 0 Å². The molecule has 0 saturated heterocycles. The van der Waals surface area contributed by atoms with Gasteiger partial charge in [0.15, 0.2) is 17.8 Å². The maximum absolute atomic E-state index is 10.3. The molecule has 0 aliphatic carbocycles. The van der Waals surface area contributed by atoms with Gasteiger partial charge in [-0.25, -0.2) is 0 Å². The Morgan fingerprint density at radius 3 is 2.37 bits per heavy atom. The molecule has 1 N–H and O–H groups in total. The first-order chi connectivity index (χ1) is 9.26. The van der Waals surface area contributed by atoms with Gasteiger partial charge in [-0.15, -0.1) is 0 Å². The van der Waals surface area contributed by atoms with Crippen molar-refractivity contribution in [2.75, 3.05) is 26.4 Å². The molecule has 106 valence electrons. The topological polar surface area (TPSA) is 57.2 Å². The van der Waals surface area contributed by atoms with Crippen molar-refractivity contribution >= 4 is 0 Å². The summed E-state index contributed by atoms with van der Waals surface area (Å²) in [6, 6.07) is 5.36. The highest BCUT2D eigenvalue weighted by molar-refractivity contribution is 5.44. The summed E-state index contributed by atoms with van der Waals surface area (Å²) < 4.78 is 21.7. The van der Waals surface area contributed by atoms with Gasteiger partial charge in [0.2, 0.25) is 0 Å². The fraction of sp³-hybridized carbons (Fsp3) is 0.571. The quantitative estimate of drug-likeness (QED) is 0.798. The SMILES string of the molecule is CCOC(OCC)C(O)c1ccc2c(c1)OCCO2. The van der Waals surface area contributed by atoms with Gasteiger partial charge in [0.25, 0.3) is 0 Å². The van der Waals surface area contributed by atoms with E-state index in [1.165, 1.54) is 0 Å². The molecule has 0 radical (unpaired) electrons. The van der Waals surface area contributed by atoms with Gasteiger partial charge in [-0.05, 0) is 31.5 Å². The minimum absolute atomic E-state index is 0.478. The van der Waals surface area contributed by atoms with Crippen LogP contribution in [0.4, 0.5) is 0 Å². The van der Waals surface area contributed by atoms with Crippen LogP contribution in [0.2, 0.25) is 0 Å². The van der Waals surface area contributed by atoms with E-state index < -0.39 is 12.4 Å². The van der Waals surface area contributed by atoms with E-state index in [0.717, 1.165) is 0 Å². The van der Waals surface area contributed by atoms with Crippen LogP contribution in [0.1, 0.15) is 25.5 Å². The van der Waals surface area contributed by atoms with Gasteiger partial charge in [0.05, 0.1) is 0 Å². The molecule has 1 heterocycles. The Labute approximate surface area is 113 Å². The Balaban J connectivity index is 2.15. The van der Waals surface area contributed by atoms with E-state index in [1.807, 2.05) is 13.8 Å². The lowest BCUT2D eigenvalue weighted by Crippen LogP contribution is -2.26. The van der Waals surface area contributed by atoms with Crippen molar-refractivity contribution in [2.45, 2.75) is 26.2 Å². The normalized spacial score (nSPS) is 15.6. The van der Waals surface area contributed by atoms with Crippen LogP contribution in [-0.4, -0.2) is 37.8 Å². The number of ether oxygens (including phenoxy) is 4. The molecule has 1 unspecified atom stereocenters. The van der Waals surface area contributed by atoms with Gasteiger partial charge in [-0.3, -0.25) is 0 Å². The summed E-state index contributed by atoms with van der Waals surface area (Å²) in [6.07, 6.45) is -1.52. The van der Waals surface area contributed by atoms with E-state index in [0.29, 0.717) is 43.5 Å². The number of hydrogen-bond acceptors (Lipinski definition) is 5. The van der Waals surface area contributed by atoms with Crippen LogP contribution in [0, 0.1) is 0 Å². The average molecular weight is 268 g/mol. The van der Waals surface area contributed by atoms with Crippen LogP contribution < -0.4 is 9.47 Å². The third kappa shape index (κ3) is 3.37. The minimum atomic E-state index is -0.851. The molecule has 1 aromatic carbocycles. The van der Waals surface area contributed by atoms with Crippen LogP contribution in [0.5, 0.6) is 11.5 Å². The Morgan fingerprint density at radius 1 is 1.11 bits per heavy atom. The van der Waals surface area contributed by atoms with E-state index in [9.17, 15) is 5.11 Å². The molecule has 0 bridgehead atoms. The number of benzene rings is 1. The molecule has 0 amide bonds. The molecule has 1 aliphatic rings. The number of aliphatic hydroxyl groups is 1. The second-order valence-electron chi connectivity index (χ2n) is 4.13. The van der Waals surface area contributed by atoms with Gasteiger partial charge >= 0.3 is 0 Å². The number of hydrogen-bond donors (Lipinski definition) is 1. The number of rotatable bonds is 6. The molecule has 1 atom stereocenters. The van der Waals surface area contributed by atoms with Crippen LogP contribution >= 0.6 is 0 Å². The Bertz CT molecular complexity index is 401. The van der Waals surface area contributed by atoms with E-state index in [2.05, 4.69) is 0 Å². The molecular weight excluding hydrogens is 248 g/mol. The monoisotopic (exact) mass is 268 g/mol. The lowest BCUT2D eigenvalue weighted by molar-refractivity contribution is -0.191. The molecule has 5 nitrogen and oxygen atoms in total. The van der Waals surface area contributed by atoms with Gasteiger partial charge in [-0.2, -0.15) is 0 Å². The van der Waals surface area contributed by atoms with Gasteiger partial charge < -0.3 is 24.1 Å². The number of fused-ring (bicyclic) bond motifs is 1. The van der Waals surface area contributed by atoms with Crippen molar-refractivity contribution in [3.05, 3.63) is 23.8 Å². The largest absolute Gasteiger partial charge is 0.486 e. The van der Waals surface area contributed by atoms with Crippen LogP contribution in [0.3, 0.4) is 0 Å². The summed E-state index contributed by atoms with van der Waals surface area (Å²) in [5.41, 5.74) is 0.691. The van der Waals surface area contributed by atoms with E-state index >= 15 is 0 Å². The summed E-state index contributed by atoms with van der Waals surface area (Å²) in [4.78, 5) is 0. The summed E-state index contributed by atoms with van der Waals surface area (Å²) in [5.74, 6) is 1.35. The second kappa shape index (κ2) is 6.75. The van der Waals surface area contributed by atoms with Gasteiger partial charge in [-0.1, -0.05) is 6.07 Å². The molecule has 0 aromatic heterocycles. The zero-order chi connectivity index (χ0) is 13.7. The molecular formula is C14H20O5. The first-order valence-corrected chi connectivity index (χ1v) is 6.57. The smallest absolute Gasteiger partial charge is 0.187 e. The van der Waals surface area contributed by atoms with Crippen molar-refractivity contribution in [1.82, 2.24) is 0 Å². The third-order valence-corrected chi connectivity index (χ3v) is 2.83. The van der Waals surface area contributed by atoms with E-state index in [4.69, 9.17) is 18.9 Å². The van der Waals surface area contributed by atoms with Crippen molar-refractivity contribution in [2.24, 2.45) is 0 Å². The van der Waals surface area contributed by atoms with Gasteiger partial charge in [0.1, 0.15) is 19.3 Å². The van der Waals surface area contributed by atoms with Crippen LogP contribution in [0.15, 0.2) is 18.2 Å². The van der Waals surface area contributed by atoms with Crippen molar-refractivity contribution in [1.29, 1.82) is 0 Å². The molecule has 0 saturated carbocycles. The van der Waals surface area contributed by atoms with E-state index in [-0.39, 0.29) is 0 Å². The summed E-state index contributed by atoms with van der Waals surface area (Å²) >= 11 is 0.